The predicted molar refractivity (Wildman–Crippen MR) is 75.9 cm³/mol. The number of benzene rings is 1. The van der Waals surface area contributed by atoms with Crippen LogP contribution in [0.2, 0.25) is 0 Å². The first-order chi connectivity index (χ1) is 9.18. The molecule has 0 aliphatic heterocycles. The third-order valence-electron chi connectivity index (χ3n) is 3.26. The maximum Gasteiger partial charge on any atom is 0.255 e. The molecule has 1 unspecified atom stereocenters. The quantitative estimate of drug-likeness (QED) is 0.840. The lowest BCUT2D eigenvalue weighted by Gasteiger charge is -2.25. The summed E-state index contributed by atoms with van der Waals surface area (Å²) in [7, 11) is 1.84. The number of carbonyl (C=O) groups is 1. The van der Waals surface area contributed by atoms with Crippen LogP contribution in [-0.4, -0.2) is 28.9 Å². The molecule has 1 atom stereocenters. The molecule has 3 heteroatoms. The van der Waals surface area contributed by atoms with Gasteiger partial charge < -0.3 is 4.90 Å². The Balaban J connectivity index is 2.03. The number of hydrogen-bond acceptors (Lipinski definition) is 2. The molecule has 1 amide bonds. The van der Waals surface area contributed by atoms with Gasteiger partial charge in [0, 0.05) is 25.5 Å². The van der Waals surface area contributed by atoms with Crippen molar-refractivity contribution in [1.29, 1.82) is 0 Å². The summed E-state index contributed by atoms with van der Waals surface area (Å²) < 4.78 is 0. The largest absolute Gasteiger partial charge is 0.339 e. The number of nitrogens with zero attached hydrogens (tertiary/aromatic N) is 2. The second kappa shape index (κ2) is 6.14. The van der Waals surface area contributed by atoms with Gasteiger partial charge in [-0.15, -0.1) is 0 Å². The van der Waals surface area contributed by atoms with Gasteiger partial charge in [0.1, 0.15) is 0 Å². The van der Waals surface area contributed by atoms with Crippen LogP contribution in [0.15, 0.2) is 54.9 Å². The van der Waals surface area contributed by atoms with Crippen molar-refractivity contribution >= 4 is 5.91 Å². The zero-order valence-electron chi connectivity index (χ0n) is 11.3. The summed E-state index contributed by atoms with van der Waals surface area (Å²) in [6.07, 6.45) is 4.13. The van der Waals surface area contributed by atoms with E-state index in [4.69, 9.17) is 0 Å². The van der Waals surface area contributed by atoms with Gasteiger partial charge in [-0.1, -0.05) is 30.3 Å². The van der Waals surface area contributed by atoms with Crippen LogP contribution in [0, 0.1) is 0 Å². The summed E-state index contributed by atoms with van der Waals surface area (Å²) >= 11 is 0. The van der Waals surface area contributed by atoms with Gasteiger partial charge in [-0.25, -0.2) is 0 Å². The van der Waals surface area contributed by atoms with Crippen molar-refractivity contribution in [2.75, 3.05) is 7.05 Å². The molecule has 0 N–H and O–H groups in total. The minimum atomic E-state index is 0.0107. The summed E-state index contributed by atoms with van der Waals surface area (Å²) in [6, 6.07) is 13.9. The molecule has 1 heterocycles. The molecule has 2 rings (SSSR count). The van der Waals surface area contributed by atoms with E-state index in [1.165, 1.54) is 5.56 Å². The summed E-state index contributed by atoms with van der Waals surface area (Å²) in [6.45, 7) is 2.06. The predicted octanol–water partition coefficient (Wildman–Crippen LogP) is 2.78. The fourth-order valence-electron chi connectivity index (χ4n) is 1.99. The first kappa shape index (κ1) is 13.3. The van der Waals surface area contributed by atoms with Crippen LogP contribution in [0.4, 0.5) is 0 Å². The number of likely N-dealkylation sites (N-methyl/N-ethyl adjacent to an activating group) is 1. The van der Waals surface area contributed by atoms with Gasteiger partial charge in [0.05, 0.1) is 5.56 Å². The van der Waals surface area contributed by atoms with E-state index in [0.29, 0.717) is 5.56 Å². The van der Waals surface area contributed by atoms with Crippen molar-refractivity contribution in [3.05, 3.63) is 66.0 Å². The average Bonchev–Trinajstić information content (AvgIpc) is 2.47. The summed E-state index contributed by atoms with van der Waals surface area (Å²) in [5, 5.41) is 0. The molecule has 1 aromatic heterocycles. The Morgan fingerprint density at radius 3 is 2.58 bits per heavy atom. The number of amides is 1. The van der Waals surface area contributed by atoms with E-state index in [-0.39, 0.29) is 11.9 Å². The molecule has 1 aromatic carbocycles. The van der Waals surface area contributed by atoms with E-state index in [0.717, 1.165) is 6.42 Å². The van der Waals surface area contributed by atoms with Crippen molar-refractivity contribution in [3.63, 3.8) is 0 Å². The first-order valence-corrected chi connectivity index (χ1v) is 6.39. The third-order valence-corrected chi connectivity index (χ3v) is 3.26. The normalized spacial score (nSPS) is 11.9. The lowest BCUT2D eigenvalue weighted by molar-refractivity contribution is 0.0743. The smallest absolute Gasteiger partial charge is 0.255 e. The topological polar surface area (TPSA) is 33.2 Å². The van der Waals surface area contributed by atoms with Crippen LogP contribution >= 0.6 is 0 Å². The monoisotopic (exact) mass is 254 g/mol. The molecular weight excluding hydrogens is 236 g/mol. The highest BCUT2D eigenvalue weighted by Gasteiger charge is 2.17. The van der Waals surface area contributed by atoms with E-state index in [1.54, 1.807) is 29.4 Å². The van der Waals surface area contributed by atoms with Crippen molar-refractivity contribution in [2.24, 2.45) is 0 Å². The van der Waals surface area contributed by atoms with Crippen molar-refractivity contribution in [1.82, 2.24) is 9.88 Å². The molecule has 19 heavy (non-hydrogen) atoms. The Morgan fingerprint density at radius 1 is 1.21 bits per heavy atom. The minimum Gasteiger partial charge on any atom is -0.339 e. The molecule has 0 aliphatic carbocycles. The van der Waals surface area contributed by atoms with Crippen LogP contribution in [0.25, 0.3) is 0 Å². The first-order valence-electron chi connectivity index (χ1n) is 6.39. The van der Waals surface area contributed by atoms with E-state index >= 15 is 0 Å². The Hall–Kier alpha value is -2.16. The fraction of sp³-hybridized carbons (Fsp3) is 0.250. The van der Waals surface area contributed by atoms with Crippen LogP contribution in [0.1, 0.15) is 22.8 Å². The maximum atomic E-state index is 12.3. The SMILES string of the molecule is CC(Cc1ccccc1)N(C)C(=O)c1cccnc1. The van der Waals surface area contributed by atoms with E-state index < -0.39 is 0 Å². The highest BCUT2D eigenvalue weighted by atomic mass is 16.2. The molecule has 2 aromatic rings. The minimum absolute atomic E-state index is 0.0107. The molecule has 0 bridgehead atoms. The lowest BCUT2D eigenvalue weighted by atomic mass is 10.1. The van der Waals surface area contributed by atoms with Gasteiger partial charge >= 0.3 is 0 Å². The van der Waals surface area contributed by atoms with Gasteiger partial charge in [-0.2, -0.15) is 0 Å². The Bertz CT molecular complexity index is 525. The fourth-order valence-corrected chi connectivity index (χ4v) is 1.99. The molecular formula is C16H18N2O. The summed E-state index contributed by atoms with van der Waals surface area (Å²) in [5.74, 6) is 0.0107. The number of aromatic nitrogens is 1. The Kier molecular flexibility index (Phi) is 4.29. The lowest BCUT2D eigenvalue weighted by Crippen LogP contribution is -2.36. The van der Waals surface area contributed by atoms with Gasteiger partial charge in [0.2, 0.25) is 0 Å². The van der Waals surface area contributed by atoms with E-state index in [1.807, 2.05) is 25.2 Å². The molecule has 0 saturated heterocycles. The van der Waals surface area contributed by atoms with E-state index in [2.05, 4.69) is 24.0 Å². The molecule has 0 fully saturated rings. The number of hydrogen-bond donors (Lipinski definition) is 0. The molecule has 0 aliphatic rings. The van der Waals surface area contributed by atoms with Crippen LogP contribution < -0.4 is 0 Å². The summed E-state index contributed by atoms with van der Waals surface area (Å²) in [4.78, 5) is 18.0. The Morgan fingerprint density at radius 2 is 1.95 bits per heavy atom. The highest BCUT2D eigenvalue weighted by molar-refractivity contribution is 5.93. The summed E-state index contributed by atoms with van der Waals surface area (Å²) in [5.41, 5.74) is 1.87. The molecule has 0 saturated carbocycles. The number of pyridine rings is 1. The van der Waals surface area contributed by atoms with Gasteiger partial charge in [-0.05, 0) is 31.0 Å². The number of rotatable bonds is 4. The standard InChI is InChI=1S/C16H18N2O/c1-13(11-14-7-4-3-5-8-14)18(2)16(19)15-9-6-10-17-12-15/h3-10,12-13H,11H2,1-2H3. The Labute approximate surface area is 113 Å². The average molecular weight is 254 g/mol. The zero-order chi connectivity index (χ0) is 13.7. The second-order valence-electron chi connectivity index (χ2n) is 4.70. The van der Waals surface area contributed by atoms with Gasteiger partial charge in [0.15, 0.2) is 0 Å². The van der Waals surface area contributed by atoms with Crippen LogP contribution in [-0.2, 0) is 6.42 Å². The van der Waals surface area contributed by atoms with Crippen LogP contribution in [0.3, 0.4) is 0 Å². The van der Waals surface area contributed by atoms with E-state index in [9.17, 15) is 4.79 Å². The highest BCUT2D eigenvalue weighted by Crippen LogP contribution is 2.10. The zero-order valence-corrected chi connectivity index (χ0v) is 11.3. The van der Waals surface area contributed by atoms with Gasteiger partial charge in [0.25, 0.3) is 5.91 Å². The third kappa shape index (κ3) is 3.41. The second-order valence-corrected chi connectivity index (χ2v) is 4.70. The molecule has 98 valence electrons. The van der Waals surface area contributed by atoms with Crippen molar-refractivity contribution in [2.45, 2.75) is 19.4 Å². The molecule has 0 radical (unpaired) electrons. The van der Waals surface area contributed by atoms with Gasteiger partial charge in [-0.3, -0.25) is 9.78 Å². The number of carbonyl (C=O) groups excluding carboxylic acids is 1. The maximum absolute atomic E-state index is 12.3. The molecule has 0 spiro atoms. The van der Waals surface area contributed by atoms with Crippen molar-refractivity contribution in [3.8, 4) is 0 Å². The van der Waals surface area contributed by atoms with Crippen LogP contribution in [0.5, 0.6) is 0 Å². The molecule has 3 nitrogen and oxygen atoms in total. The van der Waals surface area contributed by atoms with Crippen molar-refractivity contribution < 1.29 is 4.79 Å².